The molecule has 0 bridgehead atoms. The van der Waals surface area contributed by atoms with E-state index in [9.17, 15) is 14.4 Å². The number of hydrogen-bond acceptors (Lipinski definition) is 4. The molecule has 0 radical (unpaired) electrons. The minimum Gasteiger partial charge on any atom is -0.481 e. The summed E-state index contributed by atoms with van der Waals surface area (Å²) in [5.41, 5.74) is 0.357. The molecule has 0 saturated carbocycles. The molecule has 22 heavy (non-hydrogen) atoms. The van der Waals surface area contributed by atoms with Crippen LogP contribution >= 0.6 is 11.6 Å². The molecule has 1 aromatic heterocycles. The summed E-state index contributed by atoms with van der Waals surface area (Å²) < 4.78 is 18.4. The Balaban J connectivity index is 2.16. The van der Waals surface area contributed by atoms with Gasteiger partial charge in [-0.15, -0.1) is 0 Å². The molecule has 2 aromatic rings. The molecule has 2 rings (SSSR count). The van der Waals surface area contributed by atoms with Gasteiger partial charge in [0, 0.05) is 6.20 Å². The van der Waals surface area contributed by atoms with E-state index in [2.05, 4.69) is 4.98 Å². The fourth-order valence-electron chi connectivity index (χ4n) is 1.88. The van der Waals surface area contributed by atoms with Crippen LogP contribution in [-0.2, 0) is 4.79 Å². The normalized spacial score (nSPS) is 13.0. The van der Waals surface area contributed by atoms with Gasteiger partial charge in [-0.25, -0.2) is 4.39 Å². The Morgan fingerprint density at radius 1 is 1.41 bits per heavy atom. The second kappa shape index (κ2) is 7.01. The fourth-order valence-corrected chi connectivity index (χ4v) is 2.09. The van der Waals surface area contributed by atoms with Gasteiger partial charge in [0.25, 0.3) is 0 Å². The zero-order chi connectivity index (χ0) is 16.1. The Kier molecular flexibility index (Phi) is 5.08. The van der Waals surface area contributed by atoms with Crippen molar-refractivity contribution in [3.63, 3.8) is 0 Å². The van der Waals surface area contributed by atoms with Gasteiger partial charge < -0.3 is 4.74 Å². The summed E-state index contributed by atoms with van der Waals surface area (Å²) >= 11 is 5.86. The van der Waals surface area contributed by atoms with E-state index in [-0.39, 0.29) is 10.8 Å². The average molecular weight is 319 g/mol. The third-order valence-corrected chi connectivity index (χ3v) is 3.29. The van der Waals surface area contributed by atoms with Crippen molar-refractivity contribution >= 4 is 17.4 Å². The summed E-state index contributed by atoms with van der Waals surface area (Å²) in [6, 6.07) is 10.5. The van der Waals surface area contributed by atoms with Crippen molar-refractivity contribution in [1.29, 1.82) is 5.26 Å². The van der Waals surface area contributed by atoms with Crippen molar-refractivity contribution in [1.82, 2.24) is 4.98 Å². The molecular formula is C16H12ClFN2O2. The molecule has 0 fully saturated rings. The number of ether oxygens (including phenoxy) is 1. The first kappa shape index (κ1) is 15.9. The smallest absolute Gasteiger partial charge is 0.196 e. The highest BCUT2D eigenvalue weighted by molar-refractivity contribution is 6.32. The monoisotopic (exact) mass is 318 g/mol. The van der Waals surface area contributed by atoms with Crippen LogP contribution in [-0.4, -0.2) is 16.9 Å². The SMILES string of the molecule is CC(Oc1ccc(F)cc1Cl)C(=O)C(C#N)c1ccccn1. The van der Waals surface area contributed by atoms with Crippen LogP contribution in [0.2, 0.25) is 5.02 Å². The molecule has 0 spiro atoms. The molecule has 0 aliphatic carbocycles. The van der Waals surface area contributed by atoms with E-state index in [4.69, 9.17) is 16.3 Å². The summed E-state index contributed by atoms with van der Waals surface area (Å²) in [4.78, 5) is 16.4. The number of nitriles is 1. The molecule has 0 N–H and O–H groups in total. The van der Waals surface area contributed by atoms with E-state index in [1.54, 1.807) is 18.2 Å². The second-order valence-corrected chi connectivity index (χ2v) is 4.96. The zero-order valence-electron chi connectivity index (χ0n) is 11.7. The van der Waals surface area contributed by atoms with Crippen molar-refractivity contribution < 1.29 is 13.9 Å². The van der Waals surface area contributed by atoms with Gasteiger partial charge in [-0.05, 0) is 37.3 Å². The van der Waals surface area contributed by atoms with Crippen molar-refractivity contribution in [2.75, 3.05) is 0 Å². The number of carbonyl (C=O) groups excluding carboxylic acids is 1. The minimum absolute atomic E-state index is 0.0611. The molecule has 6 heteroatoms. The third kappa shape index (κ3) is 3.60. The number of benzene rings is 1. The standard InChI is InChI=1S/C16H12ClFN2O2/c1-10(22-15-6-5-11(18)8-13(15)17)16(21)12(9-19)14-4-2-3-7-20-14/h2-8,10,12H,1H3. The molecule has 0 aliphatic heterocycles. The molecule has 112 valence electrons. The number of hydrogen-bond donors (Lipinski definition) is 0. The lowest BCUT2D eigenvalue weighted by molar-refractivity contribution is -0.125. The first-order chi connectivity index (χ1) is 10.5. The number of carbonyl (C=O) groups is 1. The highest BCUT2D eigenvalue weighted by atomic mass is 35.5. The Morgan fingerprint density at radius 3 is 2.77 bits per heavy atom. The number of pyridine rings is 1. The van der Waals surface area contributed by atoms with Crippen LogP contribution in [0.5, 0.6) is 5.75 Å². The summed E-state index contributed by atoms with van der Waals surface area (Å²) in [6.07, 6.45) is 0.588. The summed E-state index contributed by atoms with van der Waals surface area (Å²) in [7, 11) is 0. The van der Waals surface area contributed by atoms with Gasteiger partial charge in [0.05, 0.1) is 16.8 Å². The Bertz CT molecular complexity index is 716. The largest absolute Gasteiger partial charge is 0.481 e. The quantitative estimate of drug-likeness (QED) is 0.846. The molecule has 2 atom stereocenters. The Hall–Kier alpha value is -2.45. The van der Waals surface area contributed by atoms with Gasteiger partial charge >= 0.3 is 0 Å². The molecule has 4 nitrogen and oxygen atoms in total. The second-order valence-electron chi connectivity index (χ2n) is 4.55. The predicted molar refractivity (Wildman–Crippen MR) is 79.1 cm³/mol. The average Bonchev–Trinajstić information content (AvgIpc) is 2.51. The molecule has 0 saturated heterocycles. The van der Waals surface area contributed by atoms with Gasteiger partial charge in [-0.2, -0.15) is 5.26 Å². The fraction of sp³-hybridized carbons (Fsp3) is 0.188. The first-order valence-corrected chi connectivity index (χ1v) is 6.86. The van der Waals surface area contributed by atoms with E-state index in [0.29, 0.717) is 5.69 Å². The van der Waals surface area contributed by atoms with Crippen molar-refractivity contribution in [3.05, 3.63) is 59.1 Å². The molecule has 1 heterocycles. The lowest BCUT2D eigenvalue weighted by Gasteiger charge is -2.17. The van der Waals surface area contributed by atoms with E-state index in [1.807, 2.05) is 6.07 Å². The van der Waals surface area contributed by atoms with E-state index in [0.717, 1.165) is 6.07 Å². The topological polar surface area (TPSA) is 63.0 Å². The van der Waals surface area contributed by atoms with Crippen LogP contribution in [0.15, 0.2) is 42.6 Å². The zero-order valence-corrected chi connectivity index (χ0v) is 12.4. The van der Waals surface area contributed by atoms with Crippen LogP contribution < -0.4 is 4.74 Å². The number of ketones is 1. The van der Waals surface area contributed by atoms with E-state index < -0.39 is 23.6 Å². The molecule has 2 unspecified atom stereocenters. The number of halogens is 2. The van der Waals surface area contributed by atoms with Crippen LogP contribution in [0.25, 0.3) is 0 Å². The highest BCUT2D eigenvalue weighted by Gasteiger charge is 2.28. The lowest BCUT2D eigenvalue weighted by atomic mass is 9.98. The number of nitrogens with zero attached hydrogens (tertiary/aromatic N) is 2. The van der Waals surface area contributed by atoms with Crippen molar-refractivity contribution in [2.45, 2.75) is 18.9 Å². The van der Waals surface area contributed by atoms with Gasteiger partial charge in [0.2, 0.25) is 0 Å². The van der Waals surface area contributed by atoms with E-state index >= 15 is 0 Å². The first-order valence-electron chi connectivity index (χ1n) is 6.49. The van der Waals surface area contributed by atoms with Gasteiger partial charge in [-0.3, -0.25) is 9.78 Å². The van der Waals surface area contributed by atoms with Crippen molar-refractivity contribution in [2.24, 2.45) is 0 Å². The molecular weight excluding hydrogens is 307 g/mol. The van der Waals surface area contributed by atoms with Crippen LogP contribution in [0, 0.1) is 17.1 Å². The maximum absolute atomic E-state index is 13.0. The maximum atomic E-state index is 13.0. The van der Waals surface area contributed by atoms with Crippen LogP contribution in [0.4, 0.5) is 4.39 Å². The summed E-state index contributed by atoms with van der Waals surface area (Å²) in [5.74, 6) is -1.79. The molecule has 1 aromatic carbocycles. The van der Waals surface area contributed by atoms with Crippen LogP contribution in [0.3, 0.4) is 0 Å². The third-order valence-electron chi connectivity index (χ3n) is 3.00. The number of aromatic nitrogens is 1. The Morgan fingerprint density at radius 2 is 2.18 bits per heavy atom. The molecule has 0 aliphatic rings. The lowest BCUT2D eigenvalue weighted by Crippen LogP contribution is -2.29. The summed E-state index contributed by atoms with van der Waals surface area (Å²) in [6.45, 7) is 1.51. The number of rotatable bonds is 5. The number of Topliss-reactive ketones (excluding diaryl/α,β-unsaturated/α-hetero) is 1. The minimum atomic E-state index is -1.03. The Labute approximate surface area is 132 Å². The predicted octanol–water partition coefficient (Wildman–Crippen LogP) is 3.52. The van der Waals surface area contributed by atoms with Gasteiger partial charge in [-0.1, -0.05) is 17.7 Å². The van der Waals surface area contributed by atoms with E-state index in [1.165, 1.54) is 25.3 Å². The van der Waals surface area contributed by atoms with Crippen molar-refractivity contribution in [3.8, 4) is 11.8 Å². The van der Waals surface area contributed by atoms with Gasteiger partial charge in [0.1, 0.15) is 11.6 Å². The highest BCUT2D eigenvalue weighted by Crippen LogP contribution is 2.27. The molecule has 0 amide bonds. The van der Waals surface area contributed by atoms with Gasteiger partial charge in [0.15, 0.2) is 17.8 Å². The summed E-state index contributed by atoms with van der Waals surface area (Å²) in [5, 5.41) is 9.27. The van der Waals surface area contributed by atoms with Crippen LogP contribution in [0.1, 0.15) is 18.5 Å². The maximum Gasteiger partial charge on any atom is 0.196 e.